The van der Waals surface area contributed by atoms with Gasteiger partial charge in [-0.25, -0.2) is 4.79 Å². The van der Waals surface area contributed by atoms with E-state index in [1.165, 1.54) is 6.08 Å². The molecule has 0 aliphatic rings. The van der Waals surface area contributed by atoms with E-state index in [1.807, 2.05) is 30.3 Å². The van der Waals surface area contributed by atoms with Crippen LogP contribution in [0.15, 0.2) is 49.1 Å². The van der Waals surface area contributed by atoms with Crippen molar-refractivity contribution in [1.82, 2.24) is 0 Å². The largest absolute Gasteiger partial charge is 0.478 e. The molecule has 0 aliphatic heterocycles. The van der Waals surface area contributed by atoms with Crippen molar-refractivity contribution in [1.29, 1.82) is 0 Å². The van der Waals surface area contributed by atoms with E-state index < -0.39 is 5.97 Å². The Morgan fingerprint density at radius 1 is 1.31 bits per heavy atom. The highest BCUT2D eigenvalue weighted by Gasteiger charge is 1.98. The molecule has 2 heteroatoms. The minimum Gasteiger partial charge on any atom is -0.478 e. The van der Waals surface area contributed by atoms with Crippen LogP contribution in [0.2, 0.25) is 0 Å². The molecule has 0 atom stereocenters. The Kier molecular flexibility index (Phi) is 3.03. The Morgan fingerprint density at radius 3 is 2.38 bits per heavy atom. The third kappa shape index (κ3) is 2.60. The molecule has 0 spiro atoms. The van der Waals surface area contributed by atoms with E-state index in [9.17, 15) is 4.79 Å². The number of allylic oxidation sites excluding steroid dienone is 2. The van der Waals surface area contributed by atoms with E-state index >= 15 is 0 Å². The van der Waals surface area contributed by atoms with Crippen LogP contribution < -0.4 is 0 Å². The standard InChI is InChI=1S/C11H10O2/c1-2-9(8-11(12)13)10-6-4-3-5-7-10/h2-8H,1H2,(H,12,13). The van der Waals surface area contributed by atoms with Crippen LogP contribution >= 0.6 is 0 Å². The van der Waals surface area contributed by atoms with E-state index in [0.717, 1.165) is 11.6 Å². The number of carboxylic acid groups (broad SMARTS) is 1. The molecule has 13 heavy (non-hydrogen) atoms. The van der Waals surface area contributed by atoms with E-state index in [4.69, 9.17) is 5.11 Å². The van der Waals surface area contributed by atoms with E-state index in [0.29, 0.717) is 5.57 Å². The normalized spacial score (nSPS) is 10.9. The summed E-state index contributed by atoms with van der Waals surface area (Å²) in [6.45, 7) is 3.56. The van der Waals surface area contributed by atoms with Gasteiger partial charge >= 0.3 is 5.97 Å². The number of benzene rings is 1. The van der Waals surface area contributed by atoms with Crippen LogP contribution in [-0.4, -0.2) is 11.1 Å². The van der Waals surface area contributed by atoms with Gasteiger partial charge in [-0.1, -0.05) is 43.0 Å². The van der Waals surface area contributed by atoms with Gasteiger partial charge in [-0.15, -0.1) is 0 Å². The summed E-state index contributed by atoms with van der Waals surface area (Å²) in [7, 11) is 0. The zero-order chi connectivity index (χ0) is 9.68. The molecule has 0 amide bonds. The van der Waals surface area contributed by atoms with Crippen molar-refractivity contribution >= 4 is 11.5 Å². The highest BCUT2D eigenvalue weighted by molar-refractivity contribution is 5.92. The second-order valence-corrected chi connectivity index (χ2v) is 2.51. The van der Waals surface area contributed by atoms with Gasteiger partial charge in [0, 0.05) is 6.08 Å². The first kappa shape index (κ1) is 9.26. The minimum atomic E-state index is -0.959. The Hall–Kier alpha value is -1.83. The molecule has 1 N–H and O–H groups in total. The van der Waals surface area contributed by atoms with Gasteiger partial charge in [0.1, 0.15) is 0 Å². The molecule has 0 saturated heterocycles. The molecule has 2 nitrogen and oxygen atoms in total. The number of hydrogen-bond acceptors (Lipinski definition) is 1. The number of hydrogen-bond donors (Lipinski definition) is 1. The molecule has 1 aromatic rings. The molecule has 0 fully saturated rings. The molecular formula is C11H10O2. The van der Waals surface area contributed by atoms with Gasteiger partial charge in [0.2, 0.25) is 0 Å². The molecule has 0 heterocycles. The number of carbonyl (C=O) groups is 1. The first-order valence-electron chi connectivity index (χ1n) is 3.86. The first-order chi connectivity index (χ1) is 6.24. The number of aliphatic carboxylic acids is 1. The van der Waals surface area contributed by atoms with Crippen LogP contribution in [0.4, 0.5) is 0 Å². The molecular weight excluding hydrogens is 164 g/mol. The van der Waals surface area contributed by atoms with Gasteiger partial charge in [-0.2, -0.15) is 0 Å². The van der Waals surface area contributed by atoms with Crippen LogP contribution in [0.25, 0.3) is 5.57 Å². The van der Waals surface area contributed by atoms with Crippen LogP contribution in [0, 0.1) is 0 Å². The predicted octanol–water partition coefficient (Wildman–Crippen LogP) is 2.34. The Morgan fingerprint density at radius 2 is 1.92 bits per heavy atom. The second-order valence-electron chi connectivity index (χ2n) is 2.51. The van der Waals surface area contributed by atoms with Crippen LogP contribution in [0.3, 0.4) is 0 Å². The lowest BCUT2D eigenvalue weighted by atomic mass is 10.1. The third-order valence-corrected chi connectivity index (χ3v) is 1.61. The summed E-state index contributed by atoms with van der Waals surface area (Å²) in [4.78, 5) is 10.4. The highest BCUT2D eigenvalue weighted by atomic mass is 16.4. The van der Waals surface area contributed by atoms with E-state index in [2.05, 4.69) is 6.58 Å². The zero-order valence-electron chi connectivity index (χ0n) is 7.10. The number of carboxylic acids is 1. The van der Waals surface area contributed by atoms with Crippen molar-refractivity contribution < 1.29 is 9.90 Å². The van der Waals surface area contributed by atoms with Crippen molar-refractivity contribution in [2.45, 2.75) is 0 Å². The van der Waals surface area contributed by atoms with Gasteiger partial charge < -0.3 is 5.11 Å². The summed E-state index contributed by atoms with van der Waals surface area (Å²) < 4.78 is 0. The predicted molar refractivity (Wildman–Crippen MR) is 52.3 cm³/mol. The van der Waals surface area contributed by atoms with Gasteiger partial charge in [0.15, 0.2) is 0 Å². The fourth-order valence-electron chi connectivity index (χ4n) is 1.02. The average Bonchev–Trinajstić information content (AvgIpc) is 2.15. The van der Waals surface area contributed by atoms with Gasteiger partial charge in [-0.05, 0) is 11.1 Å². The molecule has 1 rings (SSSR count). The molecule has 0 aliphatic carbocycles. The van der Waals surface area contributed by atoms with Crippen molar-refractivity contribution in [2.24, 2.45) is 0 Å². The zero-order valence-corrected chi connectivity index (χ0v) is 7.10. The Labute approximate surface area is 76.8 Å². The van der Waals surface area contributed by atoms with Crippen LogP contribution in [0.1, 0.15) is 5.56 Å². The lowest BCUT2D eigenvalue weighted by Gasteiger charge is -1.99. The first-order valence-corrected chi connectivity index (χ1v) is 3.86. The molecule has 0 unspecified atom stereocenters. The molecule has 66 valence electrons. The molecule has 1 aromatic carbocycles. The van der Waals surface area contributed by atoms with Crippen molar-refractivity contribution in [3.8, 4) is 0 Å². The molecule has 0 saturated carbocycles. The fraction of sp³-hybridized carbons (Fsp3) is 0. The summed E-state index contributed by atoms with van der Waals surface area (Å²) in [5.41, 5.74) is 1.48. The molecule has 0 radical (unpaired) electrons. The van der Waals surface area contributed by atoms with Crippen molar-refractivity contribution in [3.63, 3.8) is 0 Å². The van der Waals surface area contributed by atoms with Crippen molar-refractivity contribution in [2.75, 3.05) is 0 Å². The summed E-state index contributed by atoms with van der Waals surface area (Å²) in [6.07, 6.45) is 2.67. The fourth-order valence-corrected chi connectivity index (χ4v) is 1.02. The molecule has 0 bridgehead atoms. The van der Waals surface area contributed by atoms with Crippen LogP contribution in [0.5, 0.6) is 0 Å². The highest BCUT2D eigenvalue weighted by Crippen LogP contribution is 2.13. The Bertz CT molecular complexity index is 336. The minimum absolute atomic E-state index is 0.619. The summed E-state index contributed by atoms with van der Waals surface area (Å²) >= 11 is 0. The van der Waals surface area contributed by atoms with Gasteiger partial charge in [0.05, 0.1) is 0 Å². The third-order valence-electron chi connectivity index (χ3n) is 1.61. The van der Waals surface area contributed by atoms with Crippen molar-refractivity contribution in [3.05, 3.63) is 54.6 Å². The monoisotopic (exact) mass is 174 g/mol. The average molecular weight is 174 g/mol. The van der Waals surface area contributed by atoms with Gasteiger partial charge in [-0.3, -0.25) is 0 Å². The smallest absolute Gasteiger partial charge is 0.328 e. The topological polar surface area (TPSA) is 37.3 Å². The van der Waals surface area contributed by atoms with E-state index in [1.54, 1.807) is 0 Å². The molecule has 0 aromatic heterocycles. The van der Waals surface area contributed by atoms with Crippen LogP contribution in [-0.2, 0) is 4.79 Å². The van der Waals surface area contributed by atoms with E-state index in [-0.39, 0.29) is 0 Å². The maximum atomic E-state index is 10.4. The summed E-state index contributed by atoms with van der Waals surface area (Å²) in [5.74, 6) is -0.959. The Balaban J connectivity index is 3.05. The quantitative estimate of drug-likeness (QED) is 0.564. The summed E-state index contributed by atoms with van der Waals surface area (Å²) in [5, 5.41) is 8.55. The van der Waals surface area contributed by atoms with Gasteiger partial charge in [0.25, 0.3) is 0 Å². The maximum absolute atomic E-state index is 10.4. The maximum Gasteiger partial charge on any atom is 0.328 e. The number of rotatable bonds is 3. The summed E-state index contributed by atoms with van der Waals surface area (Å²) in [6, 6.07) is 9.28. The second kappa shape index (κ2) is 4.26. The SMILES string of the molecule is C=CC(=CC(=O)O)c1ccccc1. The lowest BCUT2D eigenvalue weighted by Crippen LogP contribution is -1.90. The lowest BCUT2D eigenvalue weighted by molar-refractivity contribution is -0.131.